The summed E-state index contributed by atoms with van der Waals surface area (Å²) in [4.78, 5) is 0. The Morgan fingerprint density at radius 3 is 2.94 bits per heavy atom. The van der Waals surface area contributed by atoms with E-state index in [1.165, 1.54) is 0 Å². The summed E-state index contributed by atoms with van der Waals surface area (Å²) in [5.74, 6) is 0.695. The summed E-state index contributed by atoms with van der Waals surface area (Å²) in [6.07, 6.45) is 3.63. The lowest BCUT2D eigenvalue weighted by Crippen LogP contribution is -2.19. The van der Waals surface area contributed by atoms with Crippen LogP contribution in [0.2, 0.25) is 0 Å². The Labute approximate surface area is 114 Å². The number of hydrogen-bond donors (Lipinski definition) is 0. The standard InChI is InChI=1S/C13H14BrN3O/c1-9-5-16-17-6-10(4-11(14)12(9)17)18-8-13(2,3)7-15/h4-6H,8H2,1-3H3. The van der Waals surface area contributed by atoms with Crippen molar-refractivity contribution in [2.75, 3.05) is 6.61 Å². The highest BCUT2D eigenvalue weighted by molar-refractivity contribution is 9.10. The average Bonchev–Trinajstić information content (AvgIpc) is 2.69. The molecule has 2 rings (SSSR count). The van der Waals surface area contributed by atoms with Crippen LogP contribution >= 0.6 is 15.9 Å². The maximum atomic E-state index is 8.94. The smallest absolute Gasteiger partial charge is 0.138 e. The molecule has 18 heavy (non-hydrogen) atoms. The van der Waals surface area contributed by atoms with Crippen LogP contribution in [-0.4, -0.2) is 16.2 Å². The van der Waals surface area contributed by atoms with E-state index in [4.69, 9.17) is 10.00 Å². The number of aromatic nitrogens is 2. The normalized spacial score (nSPS) is 11.5. The fourth-order valence-electron chi connectivity index (χ4n) is 1.57. The van der Waals surface area contributed by atoms with E-state index in [0.717, 1.165) is 15.6 Å². The molecule has 0 saturated carbocycles. The van der Waals surface area contributed by atoms with Crippen LogP contribution in [0.4, 0.5) is 0 Å². The van der Waals surface area contributed by atoms with Gasteiger partial charge in [-0.1, -0.05) is 0 Å². The number of ether oxygens (including phenoxy) is 1. The van der Waals surface area contributed by atoms with Crippen molar-refractivity contribution < 1.29 is 4.74 Å². The van der Waals surface area contributed by atoms with Gasteiger partial charge in [0.2, 0.25) is 0 Å². The van der Waals surface area contributed by atoms with Gasteiger partial charge in [0.15, 0.2) is 0 Å². The van der Waals surface area contributed by atoms with Gasteiger partial charge in [0.25, 0.3) is 0 Å². The van der Waals surface area contributed by atoms with Crippen molar-refractivity contribution in [2.45, 2.75) is 20.8 Å². The number of fused-ring (bicyclic) bond motifs is 1. The Kier molecular flexibility index (Phi) is 3.31. The predicted molar refractivity (Wildman–Crippen MR) is 72.5 cm³/mol. The fourth-order valence-corrected chi connectivity index (χ4v) is 2.29. The second-order valence-electron chi connectivity index (χ2n) is 4.93. The quantitative estimate of drug-likeness (QED) is 0.874. The molecule has 0 aromatic carbocycles. The molecule has 0 aliphatic carbocycles. The first-order chi connectivity index (χ1) is 8.43. The van der Waals surface area contributed by atoms with Crippen LogP contribution in [0.1, 0.15) is 19.4 Å². The van der Waals surface area contributed by atoms with Gasteiger partial charge >= 0.3 is 0 Å². The molecule has 0 aliphatic heterocycles. The zero-order valence-electron chi connectivity index (χ0n) is 10.6. The summed E-state index contributed by atoms with van der Waals surface area (Å²) in [7, 11) is 0. The molecule has 0 aliphatic rings. The predicted octanol–water partition coefficient (Wildman–Crippen LogP) is 3.33. The molecule has 0 unspecified atom stereocenters. The summed E-state index contributed by atoms with van der Waals surface area (Å²) in [6, 6.07) is 4.11. The lowest BCUT2D eigenvalue weighted by Gasteiger charge is -2.16. The maximum absolute atomic E-state index is 8.94. The second kappa shape index (κ2) is 4.62. The van der Waals surface area contributed by atoms with Crippen LogP contribution in [0.25, 0.3) is 5.52 Å². The van der Waals surface area contributed by atoms with E-state index in [1.54, 1.807) is 4.52 Å². The van der Waals surface area contributed by atoms with Crippen LogP contribution in [-0.2, 0) is 0 Å². The van der Waals surface area contributed by atoms with E-state index in [1.807, 2.05) is 39.2 Å². The van der Waals surface area contributed by atoms with Gasteiger partial charge in [0.05, 0.1) is 29.4 Å². The zero-order valence-corrected chi connectivity index (χ0v) is 12.2. The summed E-state index contributed by atoms with van der Waals surface area (Å²) in [5.41, 5.74) is 1.63. The van der Waals surface area contributed by atoms with Crippen LogP contribution in [0.3, 0.4) is 0 Å². The van der Waals surface area contributed by atoms with Gasteiger partial charge in [-0.25, -0.2) is 4.52 Å². The molecule has 0 saturated heterocycles. The van der Waals surface area contributed by atoms with Crippen molar-refractivity contribution in [1.29, 1.82) is 5.26 Å². The van der Waals surface area contributed by atoms with Crippen molar-refractivity contribution in [3.63, 3.8) is 0 Å². The molecule has 0 bridgehead atoms. The third-order valence-corrected chi connectivity index (χ3v) is 3.23. The maximum Gasteiger partial charge on any atom is 0.138 e. The molecular formula is C13H14BrN3O. The summed E-state index contributed by atoms with van der Waals surface area (Å²) >= 11 is 3.51. The first kappa shape index (κ1) is 12.9. The topological polar surface area (TPSA) is 50.3 Å². The van der Waals surface area contributed by atoms with E-state index < -0.39 is 5.41 Å². The summed E-state index contributed by atoms with van der Waals surface area (Å²) in [6.45, 7) is 6.05. The summed E-state index contributed by atoms with van der Waals surface area (Å²) in [5, 5.41) is 13.2. The van der Waals surface area contributed by atoms with E-state index >= 15 is 0 Å². The van der Waals surface area contributed by atoms with Crippen molar-refractivity contribution in [1.82, 2.24) is 9.61 Å². The number of halogens is 1. The highest BCUT2D eigenvalue weighted by atomic mass is 79.9. The van der Waals surface area contributed by atoms with Crippen molar-refractivity contribution in [3.8, 4) is 11.8 Å². The molecule has 0 amide bonds. The first-order valence-corrected chi connectivity index (χ1v) is 6.40. The van der Waals surface area contributed by atoms with E-state index in [-0.39, 0.29) is 0 Å². The second-order valence-corrected chi connectivity index (χ2v) is 5.78. The molecule has 2 aromatic rings. The minimum absolute atomic E-state index is 0.349. The lowest BCUT2D eigenvalue weighted by atomic mass is 9.98. The molecule has 0 atom stereocenters. The Morgan fingerprint density at radius 1 is 1.56 bits per heavy atom. The molecule has 0 spiro atoms. The lowest BCUT2D eigenvalue weighted by molar-refractivity contribution is 0.226. The molecule has 4 nitrogen and oxygen atoms in total. The Morgan fingerprint density at radius 2 is 2.28 bits per heavy atom. The van der Waals surface area contributed by atoms with Crippen LogP contribution in [0, 0.1) is 23.7 Å². The number of rotatable bonds is 3. The van der Waals surface area contributed by atoms with E-state index in [9.17, 15) is 0 Å². The van der Waals surface area contributed by atoms with Crippen LogP contribution in [0.5, 0.6) is 5.75 Å². The highest BCUT2D eigenvalue weighted by Crippen LogP contribution is 2.27. The number of hydrogen-bond acceptors (Lipinski definition) is 3. The van der Waals surface area contributed by atoms with Gasteiger partial charge in [0, 0.05) is 4.47 Å². The largest absolute Gasteiger partial charge is 0.490 e. The summed E-state index contributed by atoms with van der Waals surface area (Å²) < 4.78 is 8.35. The SMILES string of the molecule is Cc1cnn2cc(OCC(C)(C)C#N)cc(Br)c12. The van der Waals surface area contributed by atoms with Crippen molar-refractivity contribution in [3.05, 3.63) is 28.5 Å². The van der Waals surface area contributed by atoms with Crippen molar-refractivity contribution >= 4 is 21.4 Å². The molecule has 94 valence electrons. The number of nitriles is 1. The number of aryl methyl sites for hydroxylation is 1. The Hall–Kier alpha value is -1.54. The Balaban J connectivity index is 2.28. The molecular weight excluding hydrogens is 294 g/mol. The molecule has 2 aromatic heterocycles. The monoisotopic (exact) mass is 307 g/mol. The Bertz CT molecular complexity index is 625. The number of pyridine rings is 1. The third kappa shape index (κ3) is 2.49. The molecule has 0 fully saturated rings. The molecule has 5 heteroatoms. The molecule has 0 N–H and O–H groups in total. The minimum Gasteiger partial charge on any atom is -0.490 e. The van der Waals surface area contributed by atoms with Gasteiger partial charge in [0.1, 0.15) is 12.4 Å². The average molecular weight is 308 g/mol. The third-order valence-electron chi connectivity index (χ3n) is 2.63. The van der Waals surface area contributed by atoms with Crippen molar-refractivity contribution in [2.24, 2.45) is 5.41 Å². The van der Waals surface area contributed by atoms with E-state index in [2.05, 4.69) is 27.1 Å². The van der Waals surface area contributed by atoms with Gasteiger partial charge in [-0.15, -0.1) is 0 Å². The highest BCUT2D eigenvalue weighted by Gasteiger charge is 2.18. The van der Waals surface area contributed by atoms with Gasteiger partial charge < -0.3 is 4.74 Å². The molecule has 2 heterocycles. The van der Waals surface area contributed by atoms with Crippen LogP contribution in [0.15, 0.2) is 22.9 Å². The first-order valence-electron chi connectivity index (χ1n) is 5.60. The molecule has 0 radical (unpaired) electrons. The van der Waals surface area contributed by atoms with Gasteiger partial charge in [-0.2, -0.15) is 10.4 Å². The minimum atomic E-state index is -0.499. The zero-order chi connectivity index (χ0) is 13.3. The van der Waals surface area contributed by atoms with Crippen LogP contribution < -0.4 is 4.74 Å². The number of nitrogens with zero attached hydrogens (tertiary/aromatic N) is 3. The van der Waals surface area contributed by atoms with Gasteiger partial charge in [-0.05, 0) is 48.3 Å². The van der Waals surface area contributed by atoms with Gasteiger partial charge in [-0.3, -0.25) is 0 Å². The van der Waals surface area contributed by atoms with E-state index in [0.29, 0.717) is 12.4 Å². The fraction of sp³-hybridized carbons (Fsp3) is 0.385.